The zero-order valence-corrected chi connectivity index (χ0v) is 14.2. The van der Waals surface area contributed by atoms with Crippen LogP contribution in [-0.2, 0) is 0 Å². The number of pyridine rings is 2. The van der Waals surface area contributed by atoms with Gasteiger partial charge in [-0.25, -0.2) is 9.97 Å². The Hall–Kier alpha value is -3.19. The molecule has 130 valence electrons. The SMILES string of the molecule is O=c1cc(-c2ccc3nccn3c2)nc2ccc(N3CCNCC3)cn12. The number of hydrogen-bond donors (Lipinski definition) is 1. The molecule has 5 heterocycles. The number of hydrogen-bond acceptors (Lipinski definition) is 5. The normalized spacial score (nSPS) is 15.0. The van der Waals surface area contributed by atoms with Gasteiger partial charge in [-0.2, -0.15) is 0 Å². The highest BCUT2D eigenvalue weighted by Gasteiger charge is 2.12. The lowest BCUT2D eigenvalue weighted by Gasteiger charge is -2.29. The smallest absolute Gasteiger partial charge is 0.258 e. The van der Waals surface area contributed by atoms with E-state index in [4.69, 9.17) is 0 Å². The number of aromatic nitrogens is 4. The summed E-state index contributed by atoms with van der Waals surface area (Å²) in [4.78, 5) is 23.9. The standard InChI is InChI=1S/C19H18N6O/c26-19-11-16(14-1-3-17-21-7-10-24(17)12-14)22-18-4-2-15(13-25(18)19)23-8-5-20-6-9-23/h1-4,7,10-13,20H,5-6,8-9H2. The fourth-order valence-electron chi connectivity index (χ4n) is 3.42. The monoisotopic (exact) mass is 346 g/mol. The first-order chi connectivity index (χ1) is 12.8. The zero-order chi connectivity index (χ0) is 17.5. The Labute approximate surface area is 149 Å². The van der Waals surface area contributed by atoms with Crippen molar-refractivity contribution in [2.45, 2.75) is 0 Å². The van der Waals surface area contributed by atoms with E-state index in [1.807, 2.05) is 47.3 Å². The Morgan fingerprint density at radius 2 is 1.85 bits per heavy atom. The third-order valence-electron chi connectivity index (χ3n) is 4.81. The van der Waals surface area contributed by atoms with Gasteiger partial charge in [0.05, 0.1) is 11.4 Å². The minimum atomic E-state index is -0.0762. The van der Waals surface area contributed by atoms with Gasteiger partial charge >= 0.3 is 0 Å². The third-order valence-corrected chi connectivity index (χ3v) is 4.81. The molecule has 0 spiro atoms. The highest BCUT2D eigenvalue weighted by molar-refractivity contribution is 5.63. The summed E-state index contributed by atoms with van der Waals surface area (Å²) in [5.74, 6) is 0. The largest absolute Gasteiger partial charge is 0.368 e. The Balaban J connectivity index is 1.59. The summed E-state index contributed by atoms with van der Waals surface area (Å²) in [7, 11) is 0. The molecule has 0 aliphatic carbocycles. The van der Waals surface area contributed by atoms with Crippen LogP contribution in [0.2, 0.25) is 0 Å². The molecule has 5 rings (SSSR count). The molecule has 26 heavy (non-hydrogen) atoms. The third kappa shape index (κ3) is 2.53. The van der Waals surface area contributed by atoms with E-state index >= 15 is 0 Å². The van der Waals surface area contributed by atoms with Crippen LogP contribution in [0.4, 0.5) is 5.69 Å². The molecule has 1 fully saturated rings. The van der Waals surface area contributed by atoms with Crippen LogP contribution in [0.1, 0.15) is 0 Å². The van der Waals surface area contributed by atoms with Gasteiger partial charge in [-0.05, 0) is 24.3 Å². The molecule has 0 bridgehead atoms. The quantitative estimate of drug-likeness (QED) is 0.595. The first kappa shape index (κ1) is 15.1. The molecule has 1 aliphatic heterocycles. The minimum Gasteiger partial charge on any atom is -0.368 e. The van der Waals surface area contributed by atoms with E-state index < -0.39 is 0 Å². The number of nitrogens with one attached hydrogen (secondary N) is 1. The van der Waals surface area contributed by atoms with E-state index in [0.29, 0.717) is 11.3 Å². The number of rotatable bonds is 2. The van der Waals surface area contributed by atoms with Crippen molar-refractivity contribution in [2.75, 3.05) is 31.1 Å². The number of nitrogens with zero attached hydrogens (tertiary/aromatic N) is 5. The highest BCUT2D eigenvalue weighted by Crippen LogP contribution is 2.19. The molecule has 0 atom stereocenters. The summed E-state index contributed by atoms with van der Waals surface area (Å²) in [6.45, 7) is 3.80. The van der Waals surface area contributed by atoms with Gasteiger partial charge in [0, 0.05) is 62.6 Å². The lowest BCUT2D eigenvalue weighted by Crippen LogP contribution is -2.43. The van der Waals surface area contributed by atoms with Crippen LogP contribution in [0.5, 0.6) is 0 Å². The number of fused-ring (bicyclic) bond motifs is 2. The summed E-state index contributed by atoms with van der Waals surface area (Å²) in [6.07, 6.45) is 7.46. The Morgan fingerprint density at radius 3 is 2.73 bits per heavy atom. The molecule has 1 saturated heterocycles. The van der Waals surface area contributed by atoms with Crippen LogP contribution in [0.25, 0.3) is 22.6 Å². The van der Waals surface area contributed by atoms with Gasteiger partial charge in [0.15, 0.2) is 0 Å². The van der Waals surface area contributed by atoms with E-state index in [1.54, 1.807) is 16.7 Å². The Bertz CT molecular complexity index is 1160. The summed E-state index contributed by atoms with van der Waals surface area (Å²) >= 11 is 0. The van der Waals surface area contributed by atoms with Crippen molar-refractivity contribution in [3.8, 4) is 11.3 Å². The second-order valence-electron chi connectivity index (χ2n) is 6.44. The second-order valence-corrected chi connectivity index (χ2v) is 6.44. The molecular formula is C19H18N6O. The molecule has 1 N–H and O–H groups in total. The lowest BCUT2D eigenvalue weighted by atomic mass is 10.2. The fraction of sp³-hybridized carbons (Fsp3) is 0.211. The van der Waals surface area contributed by atoms with Crippen LogP contribution in [0.15, 0.2) is 59.9 Å². The Morgan fingerprint density at radius 1 is 1.00 bits per heavy atom. The molecule has 0 unspecified atom stereocenters. The first-order valence-electron chi connectivity index (χ1n) is 8.70. The van der Waals surface area contributed by atoms with Crippen LogP contribution >= 0.6 is 0 Å². The van der Waals surface area contributed by atoms with Gasteiger partial charge in [0.1, 0.15) is 11.3 Å². The van der Waals surface area contributed by atoms with Crippen molar-refractivity contribution in [3.63, 3.8) is 0 Å². The van der Waals surface area contributed by atoms with Crippen LogP contribution < -0.4 is 15.8 Å². The van der Waals surface area contributed by atoms with Crippen LogP contribution in [0, 0.1) is 0 Å². The molecule has 0 amide bonds. The Kier molecular flexibility index (Phi) is 3.46. The maximum atomic E-state index is 12.7. The molecule has 0 saturated carbocycles. The predicted octanol–water partition coefficient (Wildman–Crippen LogP) is 1.42. The van der Waals surface area contributed by atoms with E-state index in [2.05, 4.69) is 20.2 Å². The summed E-state index contributed by atoms with van der Waals surface area (Å²) < 4.78 is 3.54. The minimum absolute atomic E-state index is 0.0762. The van der Waals surface area contributed by atoms with Gasteiger partial charge in [0.25, 0.3) is 5.56 Å². The summed E-state index contributed by atoms with van der Waals surface area (Å²) in [5.41, 5.74) is 4.05. The van der Waals surface area contributed by atoms with Crippen molar-refractivity contribution in [1.82, 2.24) is 24.1 Å². The summed E-state index contributed by atoms with van der Waals surface area (Å²) in [6, 6.07) is 9.41. The number of piperazine rings is 1. The van der Waals surface area contributed by atoms with Crippen molar-refractivity contribution >= 4 is 17.0 Å². The van der Waals surface area contributed by atoms with Crippen LogP contribution in [-0.4, -0.2) is 44.9 Å². The molecule has 7 heteroatoms. The van der Waals surface area contributed by atoms with E-state index in [1.165, 1.54) is 0 Å². The van der Waals surface area contributed by atoms with E-state index in [0.717, 1.165) is 43.1 Å². The van der Waals surface area contributed by atoms with Gasteiger partial charge in [-0.15, -0.1) is 0 Å². The molecule has 4 aromatic heterocycles. The van der Waals surface area contributed by atoms with Gasteiger partial charge < -0.3 is 14.6 Å². The molecule has 1 aliphatic rings. The van der Waals surface area contributed by atoms with Gasteiger partial charge in [0.2, 0.25) is 0 Å². The topological polar surface area (TPSA) is 66.9 Å². The summed E-state index contributed by atoms with van der Waals surface area (Å²) in [5, 5.41) is 3.34. The first-order valence-corrected chi connectivity index (χ1v) is 8.70. The van der Waals surface area contributed by atoms with E-state index in [9.17, 15) is 4.79 Å². The van der Waals surface area contributed by atoms with Gasteiger partial charge in [-0.1, -0.05) is 0 Å². The molecule has 0 aromatic carbocycles. The molecular weight excluding hydrogens is 328 g/mol. The van der Waals surface area contributed by atoms with Crippen molar-refractivity contribution in [1.29, 1.82) is 0 Å². The average molecular weight is 346 g/mol. The number of imidazole rings is 1. The van der Waals surface area contributed by atoms with E-state index in [-0.39, 0.29) is 5.56 Å². The predicted molar refractivity (Wildman–Crippen MR) is 101 cm³/mol. The zero-order valence-electron chi connectivity index (χ0n) is 14.2. The van der Waals surface area contributed by atoms with Crippen molar-refractivity contribution in [2.24, 2.45) is 0 Å². The maximum absolute atomic E-state index is 12.7. The van der Waals surface area contributed by atoms with Crippen molar-refractivity contribution in [3.05, 3.63) is 65.5 Å². The number of anilines is 1. The fourth-order valence-corrected chi connectivity index (χ4v) is 3.42. The van der Waals surface area contributed by atoms with Gasteiger partial charge in [-0.3, -0.25) is 9.20 Å². The maximum Gasteiger partial charge on any atom is 0.258 e. The highest BCUT2D eigenvalue weighted by atomic mass is 16.1. The molecule has 7 nitrogen and oxygen atoms in total. The van der Waals surface area contributed by atoms with Crippen LogP contribution in [0.3, 0.4) is 0 Å². The molecule has 4 aromatic rings. The lowest BCUT2D eigenvalue weighted by molar-refractivity contribution is 0.588. The molecule has 0 radical (unpaired) electrons. The average Bonchev–Trinajstić information content (AvgIpc) is 3.16. The van der Waals surface area contributed by atoms with Crippen molar-refractivity contribution < 1.29 is 0 Å². The second kappa shape index (κ2) is 5.96.